The van der Waals surface area contributed by atoms with Crippen LogP contribution in [0.1, 0.15) is 40.0 Å². The molecule has 0 aromatic carbocycles. The van der Waals surface area contributed by atoms with Gasteiger partial charge in [0.25, 0.3) is 0 Å². The van der Waals surface area contributed by atoms with Gasteiger partial charge in [-0.25, -0.2) is 0 Å². The van der Waals surface area contributed by atoms with E-state index < -0.39 is 0 Å². The van der Waals surface area contributed by atoms with Crippen LogP contribution < -0.4 is 5.73 Å². The Kier molecular flexibility index (Phi) is 8.35. The summed E-state index contributed by atoms with van der Waals surface area (Å²) in [5.74, 6) is 0.781. The Morgan fingerprint density at radius 1 is 1.27 bits per heavy atom. The minimum Gasteiger partial charge on any atom is -0.316 e. The van der Waals surface area contributed by atoms with Crippen LogP contribution >= 0.6 is 0 Å². The molecule has 3 nitrogen and oxygen atoms in total. The van der Waals surface area contributed by atoms with Crippen LogP contribution in [0, 0.1) is 17.2 Å². The molecule has 1 unspecified atom stereocenters. The van der Waals surface area contributed by atoms with E-state index >= 15 is 0 Å². The van der Waals surface area contributed by atoms with E-state index in [9.17, 15) is 0 Å². The lowest BCUT2D eigenvalue weighted by Crippen LogP contribution is -2.33. The highest BCUT2D eigenvalue weighted by molar-refractivity contribution is 4.86. The fraction of sp³-hybridized carbons (Fsp3) is 0.917. The summed E-state index contributed by atoms with van der Waals surface area (Å²) in [4.78, 5) is 2.40. The second-order valence-electron chi connectivity index (χ2n) is 4.10. The van der Waals surface area contributed by atoms with Crippen LogP contribution in [0.3, 0.4) is 0 Å². The molecule has 15 heavy (non-hydrogen) atoms. The molecule has 88 valence electrons. The van der Waals surface area contributed by atoms with Gasteiger partial charge in [-0.1, -0.05) is 33.6 Å². The molecule has 0 bridgehead atoms. The summed E-state index contributed by atoms with van der Waals surface area (Å²) in [7, 11) is 0. The zero-order valence-electron chi connectivity index (χ0n) is 10.4. The number of nitrogens with two attached hydrogens (primary N) is 1. The van der Waals surface area contributed by atoms with Crippen molar-refractivity contribution in [2.24, 2.45) is 11.7 Å². The minimum atomic E-state index is -0.305. The van der Waals surface area contributed by atoms with E-state index in [2.05, 4.69) is 31.7 Å². The highest BCUT2D eigenvalue weighted by atomic mass is 15.1. The lowest BCUT2D eigenvalue weighted by Gasteiger charge is -2.25. The molecule has 0 radical (unpaired) electrons. The summed E-state index contributed by atoms with van der Waals surface area (Å²) in [5, 5.41) is 8.60. The van der Waals surface area contributed by atoms with Crippen molar-refractivity contribution in [2.45, 2.75) is 46.1 Å². The normalized spacial score (nSPS) is 13.1. The number of hydrogen-bond acceptors (Lipinski definition) is 3. The first-order valence-electron chi connectivity index (χ1n) is 6.05. The third-order valence-corrected chi connectivity index (χ3v) is 3.04. The predicted octanol–water partition coefficient (Wildman–Crippen LogP) is 1.99. The summed E-state index contributed by atoms with van der Waals surface area (Å²) in [6.45, 7) is 9.78. The highest BCUT2D eigenvalue weighted by Gasteiger charge is 2.10. The monoisotopic (exact) mass is 211 g/mol. The molecule has 0 rings (SSSR count). The maximum atomic E-state index is 8.60. The van der Waals surface area contributed by atoms with Crippen LogP contribution in [0.5, 0.6) is 0 Å². The van der Waals surface area contributed by atoms with E-state index in [0.29, 0.717) is 0 Å². The molecular formula is C12H25N3. The maximum Gasteiger partial charge on any atom is 0.0940 e. The molecule has 0 aliphatic heterocycles. The number of nitriles is 1. The molecular weight excluding hydrogens is 186 g/mol. The lowest BCUT2D eigenvalue weighted by atomic mass is 10.0. The number of nitrogens with zero attached hydrogens (tertiary/aromatic N) is 2. The largest absolute Gasteiger partial charge is 0.316 e. The summed E-state index contributed by atoms with van der Waals surface area (Å²) in [6.07, 6.45) is 3.25. The van der Waals surface area contributed by atoms with Gasteiger partial charge in [0.2, 0.25) is 0 Å². The van der Waals surface area contributed by atoms with Crippen molar-refractivity contribution >= 4 is 0 Å². The first-order chi connectivity index (χ1) is 7.17. The number of hydrogen-bond donors (Lipinski definition) is 1. The summed E-state index contributed by atoms with van der Waals surface area (Å²) < 4.78 is 0. The average Bonchev–Trinajstić information content (AvgIpc) is 2.29. The van der Waals surface area contributed by atoms with Crippen molar-refractivity contribution in [1.82, 2.24) is 4.90 Å². The predicted molar refractivity (Wildman–Crippen MR) is 64.4 cm³/mol. The van der Waals surface area contributed by atoms with E-state index in [1.54, 1.807) is 0 Å². The lowest BCUT2D eigenvalue weighted by molar-refractivity contribution is 0.229. The first-order valence-corrected chi connectivity index (χ1v) is 6.05. The van der Waals surface area contributed by atoms with Crippen molar-refractivity contribution in [3.05, 3.63) is 0 Å². The second kappa shape index (κ2) is 8.70. The molecule has 0 aromatic rings. The van der Waals surface area contributed by atoms with Gasteiger partial charge >= 0.3 is 0 Å². The van der Waals surface area contributed by atoms with Crippen molar-refractivity contribution in [1.29, 1.82) is 5.26 Å². The standard InChI is InChI=1S/C12H25N3/c1-4-11(5-2)10-15(6-3)8-7-12(14)9-13/h11-12H,4-8,10,14H2,1-3H3. The van der Waals surface area contributed by atoms with Crippen LogP contribution in [0.25, 0.3) is 0 Å². The van der Waals surface area contributed by atoms with E-state index in [4.69, 9.17) is 11.0 Å². The van der Waals surface area contributed by atoms with Crippen molar-refractivity contribution < 1.29 is 0 Å². The van der Waals surface area contributed by atoms with E-state index in [1.165, 1.54) is 12.8 Å². The van der Waals surface area contributed by atoms with Crippen LogP contribution in [0.15, 0.2) is 0 Å². The van der Waals surface area contributed by atoms with Gasteiger partial charge in [-0.05, 0) is 18.9 Å². The van der Waals surface area contributed by atoms with Gasteiger partial charge in [0.05, 0.1) is 12.1 Å². The topological polar surface area (TPSA) is 53.0 Å². The van der Waals surface area contributed by atoms with Crippen LogP contribution in [0.4, 0.5) is 0 Å². The molecule has 1 atom stereocenters. The fourth-order valence-corrected chi connectivity index (χ4v) is 1.68. The molecule has 2 N–H and O–H groups in total. The molecule has 3 heteroatoms. The van der Waals surface area contributed by atoms with Gasteiger partial charge in [0.1, 0.15) is 0 Å². The second-order valence-corrected chi connectivity index (χ2v) is 4.10. The zero-order chi connectivity index (χ0) is 11.7. The molecule has 0 amide bonds. The van der Waals surface area contributed by atoms with Gasteiger partial charge in [-0.2, -0.15) is 5.26 Å². The summed E-state index contributed by atoms with van der Waals surface area (Å²) in [6, 6.07) is 1.77. The van der Waals surface area contributed by atoms with Crippen molar-refractivity contribution in [3.8, 4) is 6.07 Å². The Balaban J connectivity index is 3.87. The quantitative estimate of drug-likeness (QED) is 0.668. The van der Waals surface area contributed by atoms with Crippen molar-refractivity contribution in [2.75, 3.05) is 19.6 Å². The third-order valence-electron chi connectivity index (χ3n) is 3.04. The molecule has 0 aromatic heterocycles. The Morgan fingerprint density at radius 2 is 1.87 bits per heavy atom. The number of rotatable bonds is 8. The van der Waals surface area contributed by atoms with Crippen LogP contribution in [-0.2, 0) is 0 Å². The van der Waals surface area contributed by atoms with E-state index in [0.717, 1.165) is 32.0 Å². The SMILES string of the molecule is CCC(CC)CN(CC)CCC(N)C#N. The Morgan fingerprint density at radius 3 is 2.27 bits per heavy atom. The Bertz CT molecular complexity index is 182. The van der Waals surface area contributed by atoms with E-state index in [-0.39, 0.29) is 6.04 Å². The van der Waals surface area contributed by atoms with Gasteiger partial charge in [0, 0.05) is 13.1 Å². The van der Waals surface area contributed by atoms with Gasteiger partial charge in [-0.3, -0.25) is 0 Å². The zero-order valence-corrected chi connectivity index (χ0v) is 10.4. The highest BCUT2D eigenvalue weighted by Crippen LogP contribution is 2.10. The van der Waals surface area contributed by atoms with Gasteiger partial charge < -0.3 is 10.6 Å². The first kappa shape index (κ1) is 14.4. The van der Waals surface area contributed by atoms with Crippen LogP contribution in [0.2, 0.25) is 0 Å². The maximum absolute atomic E-state index is 8.60. The molecule has 0 spiro atoms. The fourth-order valence-electron chi connectivity index (χ4n) is 1.68. The molecule has 0 heterocycles. The average molecular weight is 211 g/mol. The molecule has 0 aliphatic carbocycles. The van der Waals surface area contributed by atoms with Gasteiger partial charge in [-0.15, -0.1) is 0 Å². The Hall–Kier alpha value is -0.590. The van der Waals surface area contributed by atoms with Crippen molar-refractivity contribution in [3.63, 3.8) is 0 Å². The minimum absolute atomic E-state index is 0.305. The third kappa shape index (κ3) is 6.48. The molecule has 0 saturated heterocycles. The molecule has 0 fully saturated rings. The van der Waals surface area contributed by atoms with E-state index in [1.807, 2.05) is 0 Å². The summed E-state index contributed by atoms with van der Waals surface area (Å²) >= 11 is 0. The molecule has 0 saturated carbocycles. The summed E-state index contributed by atoms with van der Waals surface area (Å²) in [5.41, 5.74) is 5.58. The smallest absolute Gasteiger partial charge is 0.0940 e. The van der Waals surface area contributed by atoms with Crippen LogP contribution in [-0.4, -0.2) is 30.6 Å². The van der Waals surface area contributed by atoms with Gasteiger partial charge in [0.15, 0.2) is 0 Å². The Labute approximate surface area is 94.2 Å². The molecule has 0 aliphatic rings.